The number of allylic oxidation sites excluding steroid dienone is 2. The van der Waals surface area contributed by atoms with Gasteiger partial charge in [0.05, 0.1) is 12.9 Å². The lowest BCUT2D eigenvalue weighted by molar-refractivity contribution is -0.152. The number of amides is 1. The van der Waals surface area contributed by atoms with E-state index >= 15 is 0 Å². The molecule has 7 heteroatoms. The van der Waals surface area contributed by atoms with Crippen LogP contribution >= 0.6 is 11.6 Å². The van der Waals surface area contributed by atoms with Crippen LogP contribution in [0, 0.1) is 5.92 Å². The molecule has 1 aromatic heterocycles. The smallest absolute Gasteiger partial charge is 0.317 e. The molecule has 6 nitrogen and oxygen atoms in total. The summed E-state index contributed by atoms with van der Waals surface area (Å²) in [5.74, 6) is -2.58. The molecule has 29 heavy (non-hydrogen) atoms. The van der Waals surface area contributed by atoms with Crippen molar-refractivity contribution < 1.29 is 23.5 Å². The van der Waals surface area contributed by atoms with Crippen molar-refractivity contribution in [2.45, 2.75) is 31.6 Å². The number of hydrogen-bond acceptors (Lipinski definition) is 5. The van der Waals surface area contributed by atoms with Gasteiger partial charge < -0.3 is 14.5 Å². The lowest BCUT2D eigenvalue weighted by atomic mass is 9.69. The molecular formula is C22H20ClNO5. The van der Waals surface area contributed by atoms with Gasteiger partial charge in [-0.15, -0.1) is 0 Å². The first-order valence-electron chi connectivity index (χ1n) is 9.52. The topological polar surface area (TPSA) is 85.6 Å². The fourth-order valence-corrected chi connectivity index (χ4v) is 4.43. The van der Waals surface area contributed by atoms with Crippen LogP contribution in [0.4, 0.5) is 0 Å². The van der Waals surface area contributed by atoms with Gasteiger partial charge in [0.25, 0.3) is 0 Å². The summed E-state index contributed by atoms with van der Waals surface area (Å²) in [7, 11) is 0. The number of esters is 1. The number of ketones is 1. The first kappa shape index (κ1) is 19.5. The highest BCUT2D eigenvalue weighted by atomic mass is 35.5. The van der Waals surface area contributed by atoms with Gasteiger partial charge in [0.2, 0.25) is 5.91 Å². The predicted octanol–water partition coefficient (Wildman–Crippen LogP) is 3.73. The fourth-order valence-electron chi connectivity index (χ4n) is 4.23. The second-order valence-corrected chi connectivity index (χ2v) is 7.61. The van der Waals surface area contributed by atoms with E-state index in [1.165, 1.54) is 6.26 Å². The summed E-state index contributed by atoms with van der Waals surface area (Å²) >= 11 is 6.14. The van der Waals surface area contributed by atoms with E-state index in [1.54, 1.807) is 37.3 Å². The van der Waals surface area contributed by atoms with E-state index < -0.39 is 23.7 Å². The SMILES string of the molecule is CCOC(=O)[C@@H]1C(=O)C2=C(C[C@H]1c1ccco1)NC(=O)C[C@H]2c1cccc(Cl)c1. The van der Waals surface area contributed by atoms with E-state index in [0.717, 1.165) is 5.56 Å². The van der Waals surface area contributed by atoms with Gasteiger partial charge in [0.1, 0.15) is 11.7 Å². The zero-order chi connectivity index (χ0) is 20.5. The van der Waals surface area contributed by atoms with Crippen molar-refractivity contribution >= 4 is 29.3 Å². The van der Waals surface area contributed by atoms with E-state index in [1.807, 2.05) is 6.07 Å². The third kappa shape index (κ3) is 3.60. The van der Waals surface area contributed by atoms with Gasteiger partial charge in [-0.25, -0.2) is 0 Å². The van der Waals surface area contributed by atoms with Crippen molar-refractivity contribution in [2.24, 2.45) is 5.92 Å². The largest absolute Gasteiger partial charge is 0.469 e. The van der Waals surface area contributed by atoms with Crippen molar-refractivity contribution in [1.29, 1.82) is 0 Å². The molecule has 150 valence electrons. The number of ether oxygens (including phenoxy) is 1. The van der Waals surface area contributed by atoms with Crippen LogP contribution in [0.3, 0.4) is 0 Å². The molecule has 1 N–H and O–H groups in total. The molecule has 0 saturated heterocycles. The normalized spacial score (nSPS) is 24.1. The number of nitrogens with one attached hydrogen (secondary N) is 1. The molecule has 0 bridgehead atoms. The number of Topliss-reactive ketones (excluding diaryl/α,β-unsaturated/α-hetero) is 1. The first-order chi connectivity index (χ1) is 14.0. The fraction of sp³-hybridized carbons (Fsp3) is 0.318. The Hall–Kier alpha value is -2.86. The molecule has 4 rings (SSSR count). The van der Waals surface area contributed by atoms with Crippen LogP contribution in [0.2, 0.25) is 5.02 Å². The van der Waals surface area contributed by atoms with Gasteiger partial charge in [-0.2, -0.15) is 0 Å². The average molecular weight is 414 g/mol. The van der Waals surface area contributed by atoms with Crippen molar-refractivity contribution in [1.82, 2.24) is 5.32 Å². The van der Waals surface area contributed by atoms with Gasteiger partial charge in [0, 0.05) is 34.5 Å². The summed E-state index contributed by atoms with van der Waals surface area (Å²) < 4.78 is 10.7. The van der Waals surface area contributed by atoms with Gasteiger partial charge in [-0.1, -0.05) is 23.7 Å². The molecule has 0 spiro atoms. The lowest BCUT2D eigenvalue weighted by Crippen LogP contribution is -2.44. The minimum absolute atomic E-state index is 0.117. The number of hydrogen-bond donors (Lipinski definition) is 1. The number of halogens is 1. The molecule has 1 amide bonds. The molecule has 0 saturated carbocycles. The zero-order valence-electron chi connectivity index (χ0n) is 15.8. The average Bonchev–Trinajstić information content (AvgIpc) is 3.21. The quantitative estimate of drug-likeness (QED) is 0.609. The molecular weight excluding hydrogens is 394 g/mol. The van der Waals surface area contributed by atoms with Crippen LogP contribution in [0.25, 0.3) is 0 Å². The number of carbonyl (C=O) groups excluding carboxylic acids is 3. The number of carbonyl (C=O) groups is 3. The highest BCUT2D eigenvalue weighted by Crippen LogP contribution is 2.46. The maximum atomic E-state index is 13.6. The van der Waals surface area contributed by atoms with Crippen molar-refractivity contribution in [3.63, 3.8) is 0 Å². The Bertz CT molecular complexity index is 994. The van der Waals surface area contributed by atoms with Crippen LogP contribution in [-0.4, -0.2) is 24.3 Å². The second-order valence-electron chi connectivity index (χ2n) is 7.17. The second kappa shape index (κ2) is 7.87. The molecule has 0 fully saturated rings. The van der Waals surface area contributed by atoms with Gasteiger partial charge in [-0.05, 0) is 43.2 Å². The third-order valence-electron chi connectivity index (χ3n) is 5.43. The zero-order valence-corrected chi connectivity index (χ0v) is 16.6. The van der Waals surface area contributed by atoms with Gasteiger partial charge in [0.15, 0.2) is 5.78 Å². The molecule has 2 aromatic rings. The highest BCUT2D eigenvalue weighted by molar-refractivity contribution is 6.30. The van der Waals surface area contributed by atoms with Crippen LogP contribution in [0.15, 0.2) is 58.3 Å². The number of furan rings is 1. The summed E-state index contributed by atoms with van der Waals surface area (Å²) in [6.45, 7) is 1.88. The minimum atomic E-state index is -1.02. The maximum Gasteiger partial charge on any atom is 0.317 e. The minimum Gasteiger partial charge on any atom is -0.469 e. The number of rotatable bonds is 4. The molecule has 0 unspecified atom stereocenters. The Morgan fingerprint density at radius 1 is 1.24 bits per heavy atom. The van der Waals surface area contributed by atoms with Gasteiger partial charge in [-0.3, -0.25) is 14.4 Å². The van der Waals surface area contributed by atoms with Crippen LogP contribution in [-0.2, 0) is 19.1 Å². The monoisotopic (exact) mass is 413 g/mol. The summed E-state index contributed by atoms with van der Waals surface area (Å²) in [6, 6.07) is 10.5. The predicted molar refractivity (Wildman–Crippen MR) is 105 cm³/mol. The molecule has 1 aliphatic heterocycles. The maximum absolute atomic E-state index is 13.6. The Balaban J connectivity index is 1.82. The van der Waals surface area contributed by atoms with Crippen LogP contribution in [0.5, 0.6) is 0 Å². The Kier molecular flexibility index (Phi) is 5.28. The molecule has 3 atom stereocenters. The van der Waals surface area contributed by atoms with Crippen molar-refractivity contribution in [3.05, 3.63) is 70.3 Å². The third-order valence-corrected chi connectivity index (χ3v) is 5.66. The standard InChI is InChI=1S/C22H20ClNO5/c1-2-28-22(27)20-15(17-7-4-8-29-17)10-16-19(21(20)26)14(11-18(25)24-16)12-5-3-6-13(23)9-12/h3-9,14-15,20H,2,10-11H2,1H3,(H,24,25)/t14-,15-,20-/m0/s1. The summed E-state index contributed by atoms with van der Waals surface area (Å²) in [5.41, 5.74) is 1.76. The number of benzene rings is 1. The van der Waals surface area contributed by atoms with Crippen molar-refractivity contribution in [3.8, 4) is 0 Å². The Morgan fingerprint density at radius 2 is 2.07 bits per heavy atom. The van der Waals surface area contributed by atoms with Crippen LogP contribution < -0.4 is 5.32 Å². The summed E-state index contributed by atoms with van der Waals surface area (Å²) in [6.07, 6.45) is 1.92. The molecule has 2 heterocycles. The molecule has 1 aromatic carbocycles. The van der Waals surface area contributed by atoms with E-state index in [2.05, 4.69) is 5.32 Å². The lowest BCUT2D eigenvalue weighted by Gasteiger charge is -2.37. The van der Waals surface area contributed by atoms with Gasteiger partial charge >= 0.3 is 5.97 Å². The molecule has 1 aliphatic carbocycles. The molecule has 2 aliphatic rings. The van der Waals surface area contributed by atoms with Crippen LogP contribution in [0.1, 0.15) is 42.9 Å². The van der Waals surface area contributed by atoms with Crippen molar-refractivity contribution in [2.75, 3.05) is 6.61 Å². The first-order valence-corrected chi connectivity index (χ1v) is 9.90. The summed E-state index contributed by atoms with van der Waals surface area (Å²) in [5, 5.41) is 3.36. The van der Waals surface area contributed by atoms with E-state index in [4.69, 9.17) is 20.8 Å². The van der Waals surface area contributed by atoms with E-state index in [9.17, 15) is 14.4 Å². The Morgan fingerprint density at radius 3 is 2.76 bits per heavy atom. The summed E-state index contributed by atoms with van der Waals surface area (Å²) in [4.78, 5) is 38.7. The highest BCUT2D eigenvalue weighted by Gasteiger charge is 2.48. The van der Waals surface area contributed by atoms with E-state index in [-0.39, 0.29) is 24.7 Å². The van der Waals surface area contributed by atoms with E-state index in [0.29, 0.717) is 28.5 Å². The Labute approximate surface area is 172 Å². The molecule has 0 radical (unpaired) electrons.